The zero-order valence-electron chi connectivity index (χ0n) is 16.1. The first kappa shape index (κ1) is 19.6. The zero-order valence-corrected chi connectivity index (χ0v) is 16.9. The Balaban J connectivity index is 1.47. The highest BCUT2D eigenvalue weighted by Crippen LogP contribution is 2.28. The SMILES string of the molecule is O=S1(=O)CCCC2CN1C(COCc1ccccc1)CN2Cc1ccccc1. The molecule has 0 aliphatic carbocycles. The molecule has 3 unspecified atom stereocenters. The summed E-state index contributed by atoms with van der Waals surface area (Å²) in [5.41, 5.74) is 2.38. The van der Waals surface area contributed by atoms with Crippen molar-refractivity contribution in [2.45, 2.75) is 38.1 Å². The van der Waals surface area contributed by atoms with Gasteiger partial charge in [0.1, 0.15) is 0 Å². The van der Waals surface area contributed by atoms with Gasteiger partial charge >= 0.3 is 0 Å². The lowest BCUT2D eigenvalue weighted by molar-refractivity contribution is 0.0124. The molecule has 2 bridgehead atoms. The molecule has 28 heavy (non-hydrogen) atoms. The van der Waals surface area contributed by atoms with Crippen LogP contribution in [0, 0.1) is 0 Å². The molecule has 2 aliphatic heterocycles. The molecule has 6 heteroatoms. The van der Waals surface area contributed by atoms with E-state index in [9.17, 15) is 8.42 Å². The van der Waals surface area contributed by atoms with E-state index in [1.807, 2.05) is 36.4 Å². The van der Waals surface area contributed by atoms with Crippen LogP contribution in [0.25, 0.3) is 0 Å². The molecular formula is C22H28N2O3S. The fourth-order valence-corrected chi connectivity index (χ4v) is 6.00. The predicted molar refractivity (Wildman–Crippen MR) is 110 cm³/mol. The summed E-state index contributed by atoms with van der Waals surface area (Å²) in [6.07, 6.45) is 1.66. The minimum absolute atomic E-state index is 0.133. The van der Waals surface area contributed by atoms with Crippen LogP contribution >= 0.6 is 0 Å². The van der Waals surface area contributed by atoms with Crippen molar-refractivity contribution in [3.05, 3.63) is 71.8 Å². The summed E-state index contributed by atoms with van der Waals surface area (Å²) >= 11 is 0. The highest BCUT2D eigenvalue weighted by atomic mass is 32.2. The standard InChI is InChI=1S/C22H28N2O3S/c25-28(26)13-7-12-21-16-24(28)22(18-27-17-20-10-5-2-6-11-20)15-23(21)14-19-8-3-1-4-9-19/h1-6,8-11,21-22H,7,12-18H2. The van der Waals surface area contributed by atoms with Crippen LogP contribution in [-0.4, -0.2) is 55.2 Å². The Morgan fingerprint density at radius 3 is 2.32 bits per heavy atom. The zero-order chi connectivity index (χ0) is 19.4. The van der Waals surface area contributed by atoms with Crippen molar-refractivity contribution in [1.29, 1.82) is 0 Å². The highest BCUT2D eigenvalue weighted by Gasteiger charge is 2.41. The first-order valence-electron chi connectivity index (χ1n) is 10.0. The maximum atomic E-state index is 12.8. The molecule has 0 spiro atoms. The molecule has 2 aromatic carbocycles. The Kier molecular flexibility index (Phi) is 6.11. The molecule has 3 atom stereocenters. The van der Waals surface area contributed by atoms with E-state index in [0.29, 0.717) is 26.3 Å². The van der Waals surface area contributed by atoms with Crippen molar-refractivity contribution in [3.63, 3.8) is 0 Å². The Hall–Kier alpha value is -1.73. The second kappa shape index (κ2) is 8.74. The molecule has 0 N–H and O–H groups in total. The Labute approximate surface area is 168 Å². The summed E-state index contributed by atoms with van der Waals surface area (Å²) in [6, 6.07) is 20.6. The van der Waals surface area contributed by atoms with Gasteiger partial charge in [-0.2, -0.15) is 4.31 Å². The van der Waals surface area contributed by atoms with E-state index in [1.165, 1.54) is 5.56 Å². The molecule has 5 nitrogen and oxygen atoms in total. The van der Waals surface area contributed by atoms with E-state index in [1.54, 1.807) is 4.31 Å². The van der Waals surface area contributed by atoms with Gasteiger partial charge in [-0.1, -0.05) is 60.7 Å². The quantitative estimate of drug-likeness (QED) is 0.748. The first-order valence-corrected chi connectivity index (χ1v) is 11.6. The van der Waals surface area contributed by atoms with Crippen molar-refractivity contribution in [2.75, 3.05) is 25.4 Å². The summed E-state index contributed by atoms with van der Waals surface area (Å²) in [4.78, 5) is 2.45. The molecule has 0 saturated carbocycles. The Bertz CT molecular complexity index is 858. The van der Waals surface area contributed by atoms with Crippen LogP contribution in [0.4, 0.5) is 0 Å². The summed E-state index contributed by atoms with van der Waals surface area (Å²) in [5.74, 6) is 0.248. The third-order valence-corrected chi connectivity index (χ3v) is 7.67. The van der Waals surface area contributed by atoms with E-state index in [4.69, 9.17) is 4.74 Å². The monoisotopic (exact) mass is 400 g/mol. The summed E-state index contributed by atoms with van der Waals surface area (Å²) < 4.78 is 33.2. The van der Waals surface area contributed by atoms with Crippen LogP contribution in [0.1, 0.15) is 24.0 Å². The van der Waals surface area contributed by atoms with Gasteiger partial charge in [-0.3, -0.25) is 4.90 Å². The van der Waals surface area contributed by atoms with Gasteiger partial charge in [-0.15, -0.1) is 0 Å². The maximum absolute atomic E-state index is 12.8. The van der Waals surface area contributed by atoms with Crippen LogP contribution in [0.15, 0.2) is 60.7 Å². The van der Waals surface area contributed by atoms with Gasteiger partial charge in [0.05, 0.1) is 25.0 Å². The molecule has 2 aliphatic rings. The van der Waals surface area contributed by atoms with E-state index in [0.717, 1.165) is 24.9 Å². The number of hydrogen-bond donors (Lipinski definition) is 0. The van der Waals surface area contributed by atoms with Gasteiger partial charge in [0.15, 0.2) is 0 Å². The minimum Gasteiger partial charge on any atom is -0.375 e. The first-order chi connectivity index (χ1) is 13.6. The van der Waals surface area contributed by atoms with E-state index in [2.05, 4.69) is 29.2 Å². The predicted octanol–water partition coefficient (Wildman–Crippen LogP) is 2.88. The number of piperazine rings is 1. The average molecular weight is 401 g/mol. The number of sulfonamides is 1. The van der Waals surface area contributed by atoms with Gasteiger partial charge in [0.25, 0.3) is 0 Å². The molecule has 0 amide bonds. The number of hydrogen-bond acceptors (Lipinski definition) is 4. The van der Waals surface area contributed by atoms with Crippen LogP contribution in [0.5, 0.6) is 0 Å². The fourth-order valence-electron chi connectivity index (χ4n) is 4.25. The van der Waals surface area contributed by atoms with Gasteiger partial charge in [-0.25, -0.2) is 8.42 Å². The molecule has 2 fully saturated rings. The summed E-state index contributed by atoms with van der Waals surface area (Å²) in [7, 11) is -3.21. The molecule has 0 radical (unpaired) electrons. The Morgan fingerprint density at radius 1 is 0.929 bits per heavy atom. The van der Waals surface area contributed by atoms with E-state index >= 15 is 0 Å². The van der Waals surface area contributed by atoms with Crippen molar-refractivity contribution < 1.29 is 13.2 Å². The van der Waals surface area contributed by atoms with Gasteiger partial charge in [-0.05, 0) is 24.0 Å². The second-order valence-electron chi connectivity index (χ2n) is 7.75. The third-order valence-electron chi connectivity index (χ3n) is 5.71. The molecule has 2 aromatic rings. The molecule has 2 saturated heterocycles. The summed E-state index contributed by atoms with van der Waals surface area (Å²) in [5, 5.41) is 0. The van der Waals surface area contributed by atoms with Crippen LogP contribution in [-0.2, 0) is 27.9 Å². The lowest BCUT2D eigenvalue weighted by Crippen LogP contribution is -2.59. The van der Waals surface area contributed by atoms with Crippen molar-refractivity contribution in [3.8, 4) is 0 Å². The lowest BCUT2D eigenvalue weighted by Gasteiger charge is -2.44. The number of fused-ring (bicyclic) bond motifs is 2. The number of nitrogens with zero attached hydrogens (tertiary/aromatic N) is 2. The molecule has 4 rings (SSSR count). The maximum Gasteiger partial charge on any atom is 0.214 e. The van der Waals surface area contributed by atoms with Gasteiger partial charge < -0.3 is 4.74 Å². The van der Waals surface area contributed by atoms with Gasteiger partial charge in [0.2, 0.25) is 10.0 Å². The second-order valence-corrected chi connectivity index (χ2v) is 9.79. The average Bonchev–Trinajstić information content (AvgIpc) is 2.83. The van der Waals surface area contributed by atoms with Crippen LogP contribution in [0.3, 0.4) is 0 Å². The lowest BCUT2D eigenvalue weighted by atomic mass is 10.0. The molecule has 0 aromatic heterocycles. The smallest absolute Gasteiger partial charge is 0.214 e. The number of rotatable bonds is 6. The minimum atomic E-state index is -3.21. The topological polar surface area (TPSA) is 49.9 Å². The normalized spacial score (nSPS) is 27.2. The largest absolute Gasteiger partial charge is 0.375 e. The van der Waals surface area contributed by atoms with E-state index < -0.39 is 10.0 Å². The number of ether oxygens (including phenoxy) is 1. The Morgan fingerprint density at radius 2 is 1.61 bits per heavy atom. The number of benzene rings is 2. The fraction of sp³-hybridized carbons (Fsp3) is 0.455. The highest BCUT2D eigenvalue weighted by molar-refractivity contribution is 7.89. The van der Waals surface area contributed by atoms with Crippen molar-refractivity contribution >= 4 is 10.0 Å². The molecule has 2 heterocycles. The molecular weight excluding hydrogens is 372 g/mol. The van der Waals surface area contributed by atoms with Gasteiger partial charge in [0, 0.05) is 25.7 Å². The van der Waals surface area contributed by atoms with Crippen molar-refractivity contribution in [1.82, 2.24) is 9.21 Å². The van der Waals surface area contributed by atoms with Crippen molar-refractivity contribution in [2.24, 2.45) is 0 Å². The third kappa shape index (κ3) is 4.63. The van der Waals surface area contributed by atoms with Crippen LogP contribution < -0.4 is 0 Å². The molecule has 150 valence electrons. The van der Waals surface area contributed by atoms with E-state index in [-0.39, 0.29) is 17.8 Å². The summed E-state index contributed by atoms with van der Waals surface area (Å²) in [6.45, 7) is 3.08. The van der Waals surface area contributed by atoms with Crippen LogP contribution in [0.2, 0.25) is 0 Å².